The van der Waals surface area contributed by atoms with Crippen LogP contribution in [0.15, 0.2) is 84.6 Å². The van der Waals surface area contributed by atoms with Crippen molar-refractivity contribution in [1.82, 2.24) is 4.98 Å². The maximum atomic E-state index is 10.0. The van der Waals surface area contributed by atoms with Gasteiger partial charge in [-0.15, -0.1) is 29.1 Å². The minimum Gasteiger partial charge on any atom is -0.512 e. The minimum atomic E-state index is -0.125. The van der Waals surface area contributed by atoms with E-state index in [1.807, 2.05) is 24.3 Å². The van der Waals surface area contributed by atoms with Crippen LogP contribution in [0.25, 0.3) is 32.9 Å². The fourth-order valence-electron chi connectivity index (χ4n) is 2.87. The number of aromatic nitrogens is 1. The Morgan fingerprint density at radius 1 is 0.929 bits per heavy atom. The second kappa shape index (κ2) is 9.93. The standard InChI is InChI=1S/C19H12N.C5H8O2.Ir/c1-3-9-16-14(6-1)8-5-10-17(16)19-13-12-15-7-2-4-11-18(15)20-19;1-4(6)3-5(2)7;/h1-9,11-13H;3,6H,1-2H3;/q-1;;. The minimum absolute atomic E-state index is 0. The Morgan fingerprint density at radius 3 is 2.29 bits per heavy atom. The van der Waals surface area contributed by atoms with Crippen LogP contribution in [0.5, 0.6) is 0 Å². The van der Waals surface area contributed by atoms with Crippen molar-refractivity contribution in [1.29, 1.82) is 0 Å². The van der Waals surface area contributed by atoms with E-state index in [0.717, 1.165) is 22.2 Å². The number of aliphatic hydroxyl groups excluding tert-OH is 1. The number of carbonyl (C=O) groups excluding carboxylic acids is 1. The summed E-state index contributed by atoms with van der Waals surface area (Å²) in [4.78, 5) is 14.8. The van der Waals surface area contributed by atoms with Gasteiger partial charge in [0.25, 0.3) is 0 Å². The first-order valence-electron chi connectivity index (χ1n) is 8.68. The summed E-state index contributed by atoms with van der Waals surface area (Å²) >= 11 is 0. The Morgan fingerprint density at radius 2 is 1.61 bits per heavy atom. The van der Waals surface area contributed by atoms with Crippen molar-refractivity contribution in [3.8, 4) is 11.3 Å². The van der Waals surface area contributed by atoms with Crippen LogP contribution in [0.1, 0.15) is 13.8 Å². The van der Waals surface area contributed by atoms with Gasteiger partial charge < -0.3 is 5.11 Å². The second-order valence-electron chi connectivity index (χ2n) is 6.23. The molecule has 4 heteroatoms. The SMILES string of the molecule is CC(=O)C=C(C)O.[Ir].[c-]1ccc2ccccc2c1-c1ccc2ccccc2n1. The molecule has 0 aliphatic carbocycles. The fraction of sp³-hybridized carbons (Fsp3) is 0.0833. The van der Waals surface area contributed by atoms with Gasteiger partial charge in [0.1, 0.15) is 0 Å². The Labute approximate surface area is 178 Å². The first-order valence-corrected chi connectivity index (χ1v) is 8.68. The largest absolute Gasteiger partial charge is 0.512 e. The number of benzene rings is 3. The number of carbonyl (C=O) groups is 1. The number of nitrogens with zero attached hydrogens (tertiary/aromatic N) is 1. The summed E-state index contributed by atoms with van der Waals surface area (Å²) < 4.78 is 0. The first-order chi connectivity index (χ1) is 13.0. The molecule has 1 heterocycles. The smallest absolute Gasteiger partial charge is 0.155 e. The van der Waals surface area contributed by atoms with Gasteiger partial charge in [0.2, 0.25) is 0 Å². The Kier molecular flexibility index (Phi) is 7.62. The second-order valence-corrected chi connectivity index (χ2v) is 6.23. The van der Waals surface area contributed by atoms with Crippen molar-refractivity contribution in [3.05, 3.63) is 90.7 Å². The van der Waals surface area contributed by atoms with Gasteiger partial charge >= 0.3 is 0 Å². The molecule has 0 fully saturated rings. The maximum absolute atomic E-state index is 10.0. The third kappa shape index (κ3) is 5.35. The number of hydrogen-bond donors (Lipinski definition) is 1. The molecule has 0 unspecified atom stereocenters. The molecule has 3 nitrogen and oxygen atoms in total. The van der Waals surface area contributed by atoms with Crippen molar-refractivity contribution in [2.45, 2.75) is 13.8 Å². The van der Waals surface area contributed by atoms with E-state index in [0.29, 0.717) is 0 Å². The zero-order valence-electron chi connectivity index (χ0n) is 15.6. The number of pyridine rings is 1. The van der Waals surface area contributed by atoms with Gasteiger partial charge in [-0.1, -0.05) is 60.0 Å². The third-order valence-corrected chi connectivity index (χ3v) is 3.99. The summed E-state index contributed by atoms with van der Waals surface area (Å²) in [6, 6.07) is 28.1. The van der Waals surface area contributed by atoms with Crippen molar-refractivity contribution in [2.75, 3.05) is 0 Å². The van der Waals surface area contributed by atoms with Gasteiger partial charge in [-0.05, 0) is 31.0 Å². The van der Waals surface area contributed by atoms with Crippen LogP contribution in [0, 0.1) is 6.07 Å². The predicted molar refractivity (Wildman–Crippen MR) is 111 cm³/mol. The van der Waals surface area contributed by atoms with E-state index in [9.17, 15) is 4.79 Å². The van der Waals surface area contributed by atoms with Crippen molar-refractivity contribution in [3.63, 3.8) is 0 Å². The van der Waals surface area contributed by atoms with Crippen molar-refractivity contribution < 1.29 is 30.0 Å². The number of aliphatic hydroxyl groups is 1. The van der Waals surface area contributed by atoms with E-state index in [2.05, 4.69) is 54.6 Å². The van der Waals surface area contributed by atoms with Crippen molar-refractivity contribution >= 4 is 27.5 Å². The van der Waals surface area contributed by atoms with Crippen LogP contribution in [0.3, 0.4) is 0 Å². The average Bonchev–Trinajstić information content (AvgIpc) is 2.66. The summed E-state index contributed by atoms with van der Waals surface area (Å²) in [6.07, 6.45) is 1.17. The molecule has 0 saturated carbocycles. The number of fused-ring (bicyclic) bond motifs is 2. The molecule has 0 amide bonds. The molecule has 0 saturated heterocycles. The quantitative estimate of drug-likeness (QED) is 0.194. The molecular formula is C24H20IrNO2-. The van der Waals surface area contributed by atoms with Gasteiger partial charge in [-0.3, -0.25) is 9.78 Å². The molecule has 0 atom stereocenters. The van der Waals surface area contributed by atoms with Crippen LogP contribution in [-0.2, 0) is 24.9 Å². The van der Waals surface area contributed by atoms with E-state index < -0.39 is 0 Å². The van der Waals surface area contributed by atoms with Crippen LogP contribution >= 0.6 is 0 Å². The fourth-order valence-corrected chi connectivity index (χ4v) is 2.87. The van der Waals surface area contributed by atoms with Crippen molar-refractivity contribution in [2.24, 2.45) is 0 Å². The van der Waals surface area contributed by atoms with E-state index in [4.69, 9.17) is 10.1 Å². The Balaban J connectivity index is 0.000000306. The Bertz CT molecular complexity index is 1130. The molecule has 4 aromatic rings. The molecule has 28 heavy (non-hydrogen) atoms. The van der Waals surface area contributed by atoms with Gasteiger partial charge in [-0.25, -0.2) is 0 Å². The molecular weight excluding hydrogens is 526 g/mol. The number of ketones is 1. The molecule has 3 aromatic carbocycles. The monoisotopic (exact) mass is 547 g/mol. The average molecular weight is 547 g/mol. The van der Waals surface area contributed by atoms with Gasteiger partial charge in [-0.2, -0.15) is 0 Å². The molecule has 1 N–H and O–H groups in total. The van der Waals surface area contributed by atoms with Gasteiger partial charge in [0.15, 0.2) is 5.78 Å². The number of allylic oxidation sites excluding steroid dienone is 2. The molecule has 1 aromatic heterocycles. The summed E-state index contributed by atoms with van der Waals surface area (Å²) in [5.41, 5.74) is 3.06. The molecule has 0 aliphatic rings. The maximum Gasteiger partial charge on any atom is 0.155 e. The predicted octanol–water partition coefficient (Wildman–Crippen LogP) is 5.89. The summed E-state index contributed by atoms with van der Waals surface area (Å²) in [5.74, 6) is -0.0625. The Hall–Kier alpha value is -2.81. The zero-order chi connectivity index (χ0) is 19.2. The van der Waals surface area contributed by atoms with Crippen LogP contribution in [-0.4, -0.2) is 15.9 Å². The summed E-state index contributed by atoms with van der Waals surface area (Å²) in [5, 5.41) is 11.9. The number of para-hydroxylation sites is 1. The third-order valence-electron chi connectivity index (χ3n) is 3.99. The first kappa shape index (κ1) is 21.5. The van der Waals surface area contributed by atoms with Gasteiger partial charge in [0, 0.05) is 26.2 Å². The van der Waals surface area contributed by atoms with Crippen LogP contribution in [0.2, 0.25) is 0 Å². The molecule has 0 bridgehead atoms. The topological polar surface area (TPSA) is 50.2 Å². The molecule has 1 radical (unpaired) electrons. The van der Waals surface area contributed by atoms with E-state index in [1.165, 1.54) is 30.7 Å². The normalized spacial score (nSPS) is 10.7. The number of rotatable bonds is 2. The van der Waals surface area contributed by atoms with Crippen LogP contribution < -0.4 is 0 Å². The summed E-state index contributed by atoms with van der Waals surface area (Å²) in [6.45, 7) is 2.85. The summed E-state index contributed by atoms with van der Waals surface area (Å²) in [7, 11) is 0. The van der Waals surface area contributed by atoms with E-state index in [1.54, 1.807) is 0 Å². The van der Waals surface area contributed by atoms with E-state index >= 15 is 0 Å². The van der Waals surface area contributed by atoms with E-state index in [-0.39, 0.29) is 31.6 Å². The molecule has 0 aliphatic heterocycles. The molecule has 0 spiro atoms. The van der Waals surface area contributed by atoms with Crippen LogP contribution in [0.4, 0.5) is 0 Å². The van der Waals surface area contributed by atoms with Gasteiger partial charge in [0.05, 0.1) is 11.3 Å². The zero-order valence-corrected chi connectivity index (χ0v) is 18.0. The molecule has 143 valence electrons. The molecule has 4 rings (SSSR count). The number of hydrogen-bond acceptors (Lipinski definition) is 3.